The molecule has 140 valence electrons. The van der Waals surface area contributed by atoms with Crippen molar-refractivity contribution in [2.24, 2.45) is 5.92 Å². The number of aromatic nitrogens is 2. The molecule has 0 bridgehead atoms. The van der Waals surface area contributed by atoms with E-state index in [1.54, 1.807) is 0 Å². The minimum atomic E-state index is 0.684. The Morgan fingerprint density at radius 2 is 1.58 bits per heavy atom. The molecule has 0 aliphatic heterocycles. The molecule has 1 fully saturated rings. The fourth-order valence-corrected chi connectivity index (χ4v) is 4.18. The van der Waals surface area contributed by atoms with Gasteiger partial charge >= 0.3 is 0 Å². The van der Waals surface area contributed by atoms with Gasteiger partial charge in [-0.25, -0.2) is 9.97 Å². The molecule has 0 unspecified atom stereocenters. The van der Waals surface area contributed by atoms with Gasteiger partial charge in [-0.05, 0) is 62.0 Å². The topological polar surface area (TPSA) is 25.8 Å². The Balaban J connectivity index is 1.45. The van der Waals surface area contributed by atoms with E-state index in [-0.39, 0.29) is 0 Å². The molecule has 26 heavy (non-hydrogen) atoms. The van der Waals surface area contributed by atoms with E-state index in [0.717, 1.165) is 24.6 Å². The second-order valence-corrected chi connectivity index (χ2v) is 8.13. The zero-order valence-corrected chi connectivity index (χ0v) is 16.6. The molecule has 1 aliphatic rings. The van der Waals surface area contributed by atoms with Crippen molar-refractivity contribution in [1.29, 1.82) is 0 Å². The molecular formula is C24H34N2. The van der Waals surface area contributed by atoms with Crippen LogP contribution in [0.25, 0.3) is 0 Å². The highest BCUT2D eigenvalue weighted by molar-refractivity contribution is 5.22. The summed E-state index contributed by atoms with van der Waals surface area (Å²) in [6, 6.07) is 8.78. The van der Waals surface area contributed by atoms with Crippen LogP contribution in [0.15, 0.2) is 36.7 Å². The first-order valence-corrected chi connectivity index (χ1v) is 10.6. The third-order valence-corrected chi connectivity index (χ3v) is 6.02. The highest BCUT2D eigenvalue weighted by atomic mass is 14.9. The predicted molar refractivity (Wildman–Crippen MR) is 109 cm³/mol. The van der Waals surface area contributed by atoms with Crippen LogP contribution in [0.2, 0.25) is 0 Å². The SMILES string of the molecule is CCCCCC1CCC(c2cnc(CCc3ccc(C)cc3)nc2)CC1. The summed E-state index contributed by atoms with van der Waals surface area (Å²) in [5, 5.41) is 0. The molecule has 0 N–H and O–H groups in total. The molecule has 0 radical (unpaired) electrons. The maximum atomic E-state index is 4.66. The molecule has 1 aromatic heterocycles. The molecule has 1 heterocycles. The van der Waals surface area contributed by atoms with Crippen LogP contribution in [0, 0.1) is 12.8 Å². The Morgan fingerprint density at radius 1 is 0.885 bits per heavy atom. The van der Waals surface area contributed by atoms with Crippen molar-refractivity contribution in [2.75, 3.05) is 0 Å². The van der Waals surface area contributed by atoms with Gasteiger partial charge in [-0.1, -0.05) is 62.4 Å². The lowest BCUT2D eigenvalue weighted by molar-refractivity contribution is 0.302. The van der Waals surface area contributed by atoms with E-state index in [1.807, 2.05) is 0 Å². The summed E-state index contributed by atoms with van der Waals surface area (Å²) < 4.78 is 0. The van der Waals surface area contributed by atoms with E-state index < -0.39 is 0 Å². The summed E-state index contributed by atoms with van der Waals surface area (Å²) in [5.41, 5.74) is 4.04. The standard InChI is InChI=1S/C24H34N2/c1-3-4-5-6-20-11-14-22(15-12-20)23-17-25-24(26-18-23)16-13-21-9-7-19(2)8-10-21/h7-10,17-18,20,22H,3-6,11-16H2,1-2H3. The van der Waals surface area contributed by atoms with Crippen molar-refractivity contribution in [2.45, 2.75) is 84.0 Å². The van der Waals surface area contributed by atoms with Crippen LogP contribution >= 0.6 is 0 Å². The quantitative estimate of drug-likeness (QED) is 0.513. The molecular weight excluding hydrogens is 316 g/mol. The van der Waals surface area contributed by atoms with Crippen molar-refractivity contribution >= 4 is 0 Å². The lowest BCUT2D eigenvalue weighted by Gasteiger charge is -2.28. The summed E-state index contributed by atoms with van der Waals surface area (Å²) in [5.74, 6) is 2.62. The van der Waals surface area contributed by atoms with Crippen molar-refractivity contribution < 1.29 is 0 Å². The summed E-state index contributed by atoms with van der Waals surface area (Å²) in [6.07, 6.45) is 17.2. The third kappa shape index (κ3) is 5.65. The average Bonchev–Trinajstić information content (AvgIpc) is 2.69. The Hall–Kier alpha value is -1.70. The lowest BCUT2D eigenvalue weighted by Crippen LogP contribution is -2.14. The van der Waals surface area contributed by atoms with Gasteiger partial charge < -0.3 is 0 Å². The van der Waals surface area contributed by atoms with Crippen LogP contribution in [0.5, 0.6) is 0 Å². The van der Waals surface area contributed by atoms with Gasteiger partial charge in [0.1, 0.15) is 5.82 Å². The van der Waals surface area contributed by atoms with Crippen LogP contribution in [0.4, 0.5) is 0 Å². The van der Waals surface area contributed by atoms with Gasteiger partial charge in [0, 0.05) is 18.8 Å². The highest BCUT2D eigenvalue weighted by Gasteiger charge is 2.22. The molecule has 1 saturated carbocycles. The summed E-state index contributed by atoms with van der Waals surface area (Å²) in [7, 11) is 0. The van der Waals surface area contributed by atoms with Crippen LogP contribution in [-0.4, -0.2) is 9.97 Å². The average molecular weight is 351 g/mol. The second-order valence-electron chi connectivity index (χ2n) is 8.13. The molecule has 2 nitrogen and oxygen atoms in total. The highest BCUT2D eigenvalue weighted by Crippen LogP contribution is 2.37. The number of aryl methyl sites for hydroxylation is 3. The Morgan fingerprint density at radius 3 is 2.23 bits per heavy atom. The van der Waals surface area contributed by atoms with E-state index >= 15 is 0 Å². The fourth-order valence-electron chi connectivity index (χ4n) is 4.18. The van der Waals surface area contributed by atoms with Gasteiger partial charge in [0.25, 0.3) is 0 Å². The van der Waals surface area contributed by atoms with Crippen LogP contribution in [0.3, 0.4) is 0 Å². The van der Waals surface area contributed by atoms with Crippen LogP contribution < -0.4 is 0 Å². The maximum absolute atomic E-state index is 4.66. The first-order chi connectivity index (χ1) is 12.7. The number of benzene rings is 1. The van der Waals surface area contributed by atoms with E-state index in [9.17, 15) is 0 Å². The number of rotatable bonds is 8. The Kier molecular flexibility index (Phi) is 7.22. The monoisotopic (exact) mass is 350 g/mol. The second kappa shape index (κ2) is 9.85. The maximum Gasteiger partial charge on any atom is 0.128 e. The van der Waals surface area contributed by atoms with E-state index in [1.165, 1.54) is 68.1 Å². The van der Waals surface area contributed by atoms with Gasteiger partial charge in [0.05, 0.1) is 0 Å². The summed E-state index contributed by atoms with van der Waals surface area (Å²) in [4.78, 5) is 9.31. The Bertz CT molecular complexity index is 637. The smallest absolute Gasteiger partial charge is 0.128 e. The summed E-state index contributed by atoms with van der Waals surface area (Å²) >= 11 is 0. The number of hydrogen-bond acceptors (Lipinski definition) is 2. The van der Waals surface area contributed by atoms with Crippen molar-refractivity contribution in [3.05, 3.63) is 59.2 Å². The first-order valence-electron chi connectivity index (χ1n) is 10.6. The van der Waals surface area contributed by atoms with E-state index in [0.29, 0.717) is 5.92 Å². The molecule has 0 amide bonds. The molecule has 0 atom stereocenters. The molecule has 2 heteroatoms. The largest absolute Gasteiger partial charge is 0.241 e. The zero-order valence-electron chi connectivity index (χ0n) is 16.6. The first kappa shape index (κ1) is 19.1. The molecule has 1 aromatic carbocycles. The van der Waals surface area contributed by atoms with E-state index in [4.69, 9.17) is 0 Å². The number of nitrogens with zero attached hydrogens (tertiary/aromatic N) is 2. The minimum Gasteiger partial charge on any atom is -0.241 e. The normalized spacial score (nSPS) is 20.2. The van der Waals surface area contributed by atoms with Crippen molar-refractivity contribution in [3.8, 4) is 0 Å². The van der Waals surface area contributed by atoms with Gasteiger partial charge in [-0.2, -0.15) is 0 Å². The lowest BCUT2D eigenvalue weighted by atomic mass is 9.77. The van der Waals surface area contributed by atoms with Gasteiger partial charge in [-0.3, -0.25) is 0 Å². The molecule has 0 spiro atoms. The minimum absolute atomic E-state index is 0.684. The van der Waals surface area contributed by atoms with Gasteiger partial charge in [0.15, 0.2) is 0 Å². The van der Waals surface area contributed by atoms with Crippen LogP contribution in [-0.2, 0) is 12.8 Å². The Labute approximate surface area is 159 Å². The molecule has 0 saturated heterocycles. The zero-order chi connectivity index (χ0) is 18.2. The van der Waals surface area contributed by atoms with Gasteiger partial charge in [0.2, 0.25) is 0 Å². The fraction of sp³-hybridized carbons (Fsp3) is 0.583. The third-order valence-electron chi connectivity index (χ3n) is 6.02. The van der Waals surface area contributed by atoms with E-state index in [2.05, 4.69) is 60.5 Å². The summed E-state index contributed by atoms with van der Waals surface area (Å²) in [6.45, 7) is 4.42. The number of unbranched alkanes of at least 4 members (excludes halogenated alkanes) is 2. The van der Waals surface area contributed by atoms with Crippen LogP contribution in [0.1, 0.15) is 86.7 Å². The van der Waals surface area contributed by atoms with Crippen molar-refractivity contribution in [1.82, 2.24) is 9.97 Å². The molecule has 1 aliphatic carbocycles. The van der Waals surface area contributed by atoms with Crippen molar-refractivity contribution in [3.63, 3.8) is 0 Å². The predicted octanol–water partition coefficient (Wildman–Crippen LogP) is 6.42. The number of hydrogen-bond donors (Lipinski definition) is 0. The molecule has 3 rings (SSSR count). The van der Waals surface area contributed by atoms with Gasteiger partial charge in [-0.15, -0.1) is 0 Å². The molecule has 2 aromatic rings.